The van der Waals surface area contributed by atoms with Gasteiger partial charge in [-0.15, -0.1) is 0 Å². The number of fused-ring (bicyclic) bond motifs is 1. The summed E-state index contributed by atoms with van der Waals surface area (Å²) in [5.41, 5.74) is 3.36. The second-order valence-corrected chi connectivity index (χ2v) is 7.80. The van der Waals surface area contributed by atoms with E-state index in [0.29, 0.717) is 0 Å². The zero-order valence-corrected chi connectivity index (χ0v) is 17.2. The van der Waals surface area contributed by atoms with Gasteiger partial charge in [-0.3, -0.25) is 0 Å². The molecular weight excluding hydrogens is 384 g/mol. The second kappa shape index (κ2) is 8.48. The quantitative estimate of drug-likeness (QED) is 0.426. The van der Waals surface area contributed by atoms with Crippen LogP contribution in [-0.2, 0) is 0 Å². The van der Waals surface area contributed by atoms with Crippen LogP contribution < -0.4 is 15.5 Å². The summed E-state index contributed by atoms with van der Waals surface area (Å²) >= 11 is 0. The van der Waals surface area contributed by atoms with Crippen molar-refractivity contribution in [3.05, 3.63) is 84.9 Å². The smallest absolute Gasteiger partial charge is 0.323 e. The number of carbonyl (C=O) groups is 1. The predicted molar refractivity (Wildman–Crippen MR) is 128 cm³/mol. The van der Waals surface area contributed by atoms with E-state index >= 15 is 0 Å². The van der Waals surface area contributed by atoms with Gasteiger partial charge in [-0.05, 0) is 60.0 Å². The van der Waals surface area contributed by atoms with E-state index in [0.717, 1.165) is 52.3 Å². The highest BCUT2D eigenvalue weighted by Crippen LogP contribution is 2.25. The predicted octanol–water partition coefficient (Wildman–Crippen LogP) is 6.15. The maximum Gasteiger partial charge on any atom is 0.323 e. The molecule has 0 aliphatic carbocycles. The first kappa shape index (κ1) is 19.1. The normalized spacial score (nSPS) is 13.4. The molecule has 1 saturated heterocycles. The van der Waals surface area contributed by atoms with Crippen molar-refractivity contribution in [3.63, 3.8) is 0 Å². The summed E-state index contributed by atoms with van der Waals surface area (Å²) in [6.07, 6.45) is 2.44. The SMILES string of the molecule is O=C(Nc1cccc(-c2cccc(N3CCCC3)n2)c1)Nc1ccc2ccccc2c1. The molecule has 154 valence electrons. The Morgan fingerprint density at radius 2 is 1.48 bits per heavy atom. The zero-order valence-electron chi connectivity index (χ0n) is 17.2. The van der Waals surface area contributed by atoms with Crippen LogP contribution in [-0.4, -0.2) is 24.1 Å². The van der Waals surface area contributed by atoms with Crippen molar-refractivity contribution in [3.8, 4) is 11.3 Å². The molecule has 0 saturated carbocycles. The van der Waals surface area contributed by atoms with Crippen LogP contribution in [0.1, 0.15) is 12.8 Å². The van der Waals surface area contributed by atoms with E-state index in [4.69, 9.17) is 4.98 Å². The molecule has 5 rings (SSSR count). The molecule has 0 radical (unpaired) electrons. The fourth-order valence-electron chi connectivity index (χ4n) is 4.02. The molecule has 1 aliphatic heterocycles. The largest absolute Gasteiger partial charge is 0.357 e. The van der Waals surface area contributed by atoms with Crippen LogP contribution >= 0.6 is 0 Å². The third-order valence-electron chi connectivity index (χ3n) is 5.59. The highest BCUT2D eigenvalue weighted by molar-refractivity contribution is 6.01. The third-order valence-corrected chi connectivity index (χ3v) is 5.59. The van der Waals surface area contributed by atoms with Gasteiger partial charge in [-0.25, -0.2) is 9.78 Å². The van der Waals surface area contributed by atoms with Gasteiger partial charge in [-0.1, -0.05) is 48.5 Å². The van der Waals surface area contributed by atoms with Crippen molar-refractivity contribution in [2.75, 3.05) is 28.6 Å². The lowest BCUT2D eigenvalue weighted by molar-refractivity contribution is 0.262. The average molecular weight is 409 g/mol. The van der Waals surface area contributed by atoms with E-state index in [-0.39, 0.29) is 6.03 Å². The molecule has 0 atom stereocenters. The van der Waals surface area contributed by atoms with E-state index in [9.17, 15) is 4.79 Å². The Hall–Kier alpha value is -3.86. The van der Waals surface area contributed by atoms with E-state index in [1.54, 1.807) is 0 Å². The topological polar surface area (TPSA) is 57.3 Å². The zero-order chi connectivity index (χ0) is 21.0. The molecule has 0 unspecified atom stereocenters. The van der Waals surface area contributed by atoms with Crippen molar-refractivity contribution in [2.24, 2.45) is 0 Å². The maximum absolute atomic E-state index is 12.5. The first-order valence-electron chi connectivity index (χ1n) is 10.6. The molecule has 3 aromatic carbocycles. The maximum atomic E-state index is 12.5. The Balaban J connectivity index is 1.30. The summed E-state index contributed by atoms with van der Waals surface area (Å²) in [5, 5.41) is 8.08. The van der Waals surface area contributed by atoms with Crippen molar-refractivity contribution in [2.45, 2.75) is 12.8 Å². The Morgan fingerprint density at radius 1 is 0.742 bits per heavy atom. The number of urea groups is 1. The number of amides is 2. The van der Waals surface area contributed by atoms with Crippen LogP contribution in [0.5, 0.6) is 0 Å². The Kier molecular flexibility index (Phi) is 5.23. The van der Waals surface area contributed by atoms with Crippen molar-refractivity contribution in [1.82, 2.24) is 4.98 Å². The molecular formula is C26H24N4O. The first-order valence-corrected chi connectivity index (χ1v) is 10.6. The van der Waals surface area contributed by atoms with Gasteiger partial charge in [0.1, 0.15) is 5.82 Å². The molecule has 0 bridgehead atoms. The van der Waals surface area contributed by atoms with Crippen LogP contribution in [0.2, 0.25) is 0 Å². The number of hydrogen-bond donors (Lipinski definition) is 2. The molecule has 4 aromatic rings. The first-order chi connectivity index (χ1) is 15.2. The summed E-state index contributed by atoms with van der Waals surface area (Å²) < 4.78 is 0. The van der Waals surface area contributed by atoms with Crippen molar-refractivity contribution >= 4 is 34.0 Å². The second-order valence-electron chi connectivity index (χ2n) is 7.80. The number of nitrogens with one attached hydrogen (secondary N) is 2. The Morgan fingerprint density at radius 3 is 2.32 bits per heavy atom. The van der Waals surface area contributed by atoms with Gasteiger partial charge >= 0.3 is 6.03 Å². The summed E-state index contributed by atoms with van der Waals surface area (Å²) in [6.45, 7) is 2.12. The van der Waals surface area contributed by atoms with Gasteiger partial charge in [-0.2, -0.15) is 0 Å². The van der Waals surface area contributed by atoms with E-state index in [1.165, 1.54) is 12.8 Å². The van der Waals surface area contributed by atoms with E-state index < -0.39 is 0 Å². The number of aromatic nitrogens is 1. The fraction of sp³-hybridized carbons (Fsp3) is 0.154. The van der Waals surface area contributed by atoms with Gasteiger partial charge in [0.25, 0.3) is 0 Å². The molecule has 1 aliphatic rings. The summed E-state index contributed by atoms with van der Waals surface area (Å²) in [5.74, 6) is 1.02. The lowest BCUT2D eigenvalue weighted by atomic mass is 10.1. The van der Waals surface area contributed by atoms with Crippen LogP contribution in [0.15, 0.2) is 84.9 Å². The number of pyridine rings is 1. The van der Waals surface area contributed by atoms with Crippen molar-refractivity contribution in [1.29, 1.82) is 0 Å². The lowest BCUT2D eigenvalue weighted by Gasteiger charge is -2.17. The van der Waals surface area contributed by atoms with Crippen LogP contribution in [0, 0.1) is 0 Å². The highest BCUT2D eigenvalue weighted by atomic mass is 16.2. The molecule has 1 fully saturated rings. The van der Waals surface area contributed by atoms with E-state index in [2.05, 4.69) is 27.7 Å². The minimum atomic E-state index is -0.272. The number of rotatable bonds is 4. The number of benzene rings is 3. The van der Waals surface area contributed by atoms with Gasteiger partial charge in [0.05, 0.1) is 5.69 Å². The fourth-order valence-corrected chi connectivity index (χ4v) is 4.02. The summed E-state index contributed by atoms with van der Waals surface area (Å²) in [4.78, 5) is 19.7. The van der Waals surface area contributed by atoms with Gasteiger partial charge in [0.2, 0.25) is 0 Å². The molecule has 5 nitrogen and oxygen atoms in total. The number of hydrogen-bond acceptors (Lipinski definition) is 3. The molecule has 5 heteroatoms. The summed E-state index contributed by atoms with van der Waals surface area (Å²) in [6, 6.07) is 27.6. The standard InChI is InChI=1S/C26H24N4O/c31-26(28-23-14-13-19-7-1-2-8-20(19)17-23)27-22-10-5-9-21(18-22)24-11-6-12-25(29-24)30-15-3-4-16-30/h1-2,5-14,17-18H,3-4,15-16H2,(H2,27,28,31). The van der Waals surface area contributed by atoms with Crippen molar-refractivity contribution < 1.29 is 4.79 Å². The minimum Gasteiger partial charge on any atom is -0.357 e. The highest BCUT2D eigenvalue weighted by Gasteiger charge is 2.14. The molecule has 2 N–H and O–H groups in total. The lowest BCUT2D eigenvalue weighted by Crippen LogP contribution is -2.19. The van der Waals surface area contributed by atoms with Gasteiger partial charge in [0, 0.05) is 30.0 Å². The number of anilines is 3. The van der Waals surface area contributed by atoms with Crippen LogP contribution in [0.25, 0.3) is 22.0 Å². The molecule has 0 spiro atoms. The molecule has 2 heterocycles. The van der Waals surface area contributed by atoms with Crippen LogP contribution in [0.3, 0.4) is 0 Å². The number of nitrogens with zero attached hydrogens (tertiary/aromatic N) is 2. The van der Waals surface area contributed by atoms with Gasteiger partial charge in [0.15, 0.2) is 0 Å². The van der Waals surface area contributed by atoms with E-state index in [1.807, 2.05) is 72.8 Å². The Labute approximate surface area is 181 Å². The molecule has 31 heavy (non-hydrogen) atoms. The molecule has 1 aromatic heterocycles. The average Bonchev–Trinajstić information content (AvgIpc) is 3.34. The van der Waals surface area contributed by atoms with Gasteiger partial charge < -0.3 is 15.5 Å². The minimum absolute atomic E-state index is 0.272. The number of carbonyl (C=O) groups excluding carboxylic acids is 1. The Bertz CT molecular complexity index is 1230. The summed E-state index contributed by atoms with van der Waals surface area (Å²) in [7, 11) is 0. The monoisotopic (exact) mass is 408 g/mol. The van der Waals surface area contributed by atoms with Crippen LogP contribution in [0.4, 0.5) is 22.0 Å². The molecule has 2 amide bonds. The third kappa shape index (κ3) is 4.36.